The number of carboxylic acids is 5. The van der Waals surface area contributed by atoms with Crippen LogP contribution in [-0.4, -0.2) is 77.7 Å². The van der Waals surface area contributed by atoms with E-state index in [1.54, 1.807) is 0 Å². The molecule has 0 aliphatic carbocycles. The molecule has 1 unspecified atom stereocenters. The minimum absolute atomic E-state index is 0. The average Bonchev–Trinajstić information content (AvgIpc) is 2.34. The Bertz CT molecular complexity index is 596. The molecule has 0 aliphatic heterocycles. The van der Waals surface area contributed by atoms with E-state index in [2.05, 4.69) is 4.74 Å². The fraction of sp³-hybridized carbons (Fsp3) is 0.500. The molecule has 0 aromatic heterocycles. The first-order valence-electron chi connectivity index (χ1n) is 6.30. The number of ether oxygens (including phenoxy) is 1. The highest BCUT2D eigenvalue weighted by molar-refractivity contribution is 5.93. The van der Waals surface area contributed by atoms with E-state index in [1.807, 2.05) is 0 Å². The van der Waals surface area contributed by atoms with Gasteiger partial charge in [0.15, 0.2) is 5.60 Å². The Kier molecular flexibility index (Phi) is 9.27. The van der Waals surface area contributed by atoms with Gasteiger partial charge in [0.05, 0.1) is 25.7 Å². The third-order valence-electron chi connectivity index (χ3n) is 2.85. The van der Waals surface area contributed by atoms with Gasteiger partial charge in [0, 0.05) is 0 Å². The highest BCUT2D eigenvalue weighted by Gasteiger charge is 2.49. The summed E-state index contributed by atoms with van der Waals surface area (Å²) in [6.07, 6.45) is -5.94. The Labute approximate surface area is 150 Å². The maximum Gasteiger partial charge on any atom is 0.349 e. The Balaban J connectivity index is 0. The quantitative estimate of drug-likeness (QED) is 0.214. The molecule has 148 valence electrons. The maximum absolute atomic E-state index is 11.7. The SMILES string of the molecule is Cl.O=C(O)CC(O)(CC(=O)OC(CC(=O)O)(CC(=O)O)C(=O)O)C(=O)O. The number of carboxylic acid groups (broad SMARTS) is 5. The van der Waals surface area contributed by atoms with Crippen LogP contribution in [0.15, 0.2) is 0 Å². The van der Waals surface area contributed by atoms with Crippen LogP contribution in [-0.2, 0) is 33.5 Å². The summed E-state index contributed by atoms with van der Waals surface area (Å²) >= 11 is 0. The lowest BCUT2D eigenvalue weighted by Crippen LogP contribution is -2.49. The molecule has 0 aromatic rings. The Hall–Kier alpha value is -2.93. The zero-order chi connectivity index (χ0) is 20.0. The molecule has 0 rings (SSSR count). The first-order valence-corrected chi connectivity index (χ1v) is 6.30. The molecule has 0 aliphatic rings. The van der Waals surface area contributed by atoms with Crippen molar-refractivity contribution >= 4 is 48.2 Å². The largest absolute Gasteiger partial charge is 0.481 e. The van der Waals surface area contributed by atoms with Crippen molar-refractivity contribution in [3.63, 3.8) is 0 Å². The number of hydrogen-bond acceptors (Lipinski definition) is 8. The van der Waals surface area contributed by atoms with Crippen LogP contribution in [0.5, 0.6) is 0 Å². The second kappa shape index (κ2) is 9.53. The fourth-order valence-electron chi connectivity index (χ4n) is 1.77. The number of aliphatic carboxylic acids is 5. The van der Waals surface area contributed by atoms with Crippen molar-refractivity contribution in [3.05, 3.63) is 0 Å². The second-order valence-electron chi connectivity index (χ2n) is 5.00. The number of halogens is 1. The number of carbonyl (C=O) groups excluding carboxylic acids is 1. The molecule has 0 radical (unpaired) electrons. The lowest BCUT2D eigenvalue weighted by atomic mass is 9.93. The summed E-state index contributed by atoms with van der Waals surface area (Å²) in [6.45, 7) is 0. The van der Waals surface area contributed by atoms with E-state index in [9.17, 15) is 33.9 Å². The summed E-state index contributed by atoms with van der Waals surface area (Å²) in [5.74, 6) is -11.6. The molecule has 13 nitrogen and oxygen atoms in total. The highest BCUT2D eigenvalue weighted by Crippen LogP contribution is 2.25. The molecule has 0 heterocycles. The van der Waals surface area contributed by atoms with Crippen LogP contribution >= 0.6 is 12.4 Å². The summed E-state index contributed by atoms with van der Waals surface area (Å²) in [6, 6.07) is 0. The van der Waals surface area contributed by atoms with E-state index in [1.165, 1.54) is 0 Å². The summed E-state index contributed by atoms with van der Waals surface area (Å²) in [5, 5.41) is 53.5. The van der Waals surface area contributed by atoms with Crippen LogP contribution in [0.1, 0.15) is 25.7 Å². The molecule has 0 saturated carbocycles. The Morgan fingerprint density at radius 2 is 1.04 bits per heavy atom. The number of esters is 1. The van der Waals surface area contributed by atoms with Crippen LogP contribution in [0.3, 0.4) is 0 Å². The second-order valence-corrected chi connectivity index (χ2v) is 5.00. The van der Waals surface area contributed by atoms with E-state index in [0.717, 1.165) is 0 Å². The van der Waals surface area contributed by atoms with Crippen molar-refractivity contribution in [2.75, 3.05) is 0 Å². The number of rotatable bonds is 11. The van der Waals surface area contributed by atoms with Crippen LogP contribution < -0.4 is 0 Å². The standard InChI is InChI=1S/C12H14O13.ClH/c13-5(14)1-11(24,9(20)21)4-8(19)25-12(10(22)23,2-6(15)16)3-7(17)18;/h24H,1-4H2,(H,13,14)(H,15,16)(H,17,18)(H,20,21)(H,22,23);1H. The van der Waals surface area contributed by atoms with Gasteiger partial charge in [0.2, 0.25) is 5.60 Å². The van der Waals surface area contributed by atoms with E-state index < -0.39 is 72.7 Å². The van der Waals surface area contributed by atoms with E-state index in [0.29, 0.717) is 0 Å². The normalized spacial score (nSPS) is 12.8. The van der Waals surface area contributed by atoms with Crippen molar-refractivity contribution in [1.29, 1.82) is 0 Å². The van der Waals surface area contributed by atoms with Crippen molar-refractivity contribution < 1.29 is 64.1 Å². The molecule has 26 heavy (non-hydrogen) atoms. The lowest BCUT2D eigenvalue weighted by Gasteiger charge is -2.28. The molecule has 0 saturated heterocycles. The molecule has 0 spiro atoms. The molecule has 0 bridgehead atoms. The highest BCUT2D eigenvalue weighted by atomic mass is 35.5. The van der Waals surface area contributed by atoms with Crippen LogP contribution in [0, 0.1) is 0 Å². The van der Waals surface area contributed by atoms with E-state index >= 15 is 0 Å². The molecule has 1 atom stereocenters. The zero-order valence-electron chi connectivity index (χ0n) is 12.8. The Morgan fingerprint density at radius 3 is 1.31 bits per heavy atom. The van der Waals surface area contributed by atoms with Crippen LogP contribution in [0.2, 0.25) is 0 Å². The van der Waals surface area contributed by atoms with Gasteiger partial charge in [-0.2, -0.15) is 0 Å². The monoisotopic (exact) mass is 402 g/mol. The van der Waals surface area contributed by atoms with Gasteiger partial charge in [-0.15, -0.1) is 12.4 Å². The van der Waals surface area contributed by atoms with Gasteiger partial charge >= 0.3 is 35.8 Å². The van der Waals surface area contributed by atoms with Gasteiger partial charge in [-0.1, -0.05) is 0 Å². The van der Waals surface area contributed by atoms with Gasteiger partial charge in [-0.05, 0) is 0 Å². The number of carbonyl (C=O) groups is 6. The summed E-state index contributed by atoms with van der Waals surface area (Å²) in [4.78, 5) is 66.0. The van der Waals surface area contributed by atoms with Crippen LogP contribution in [0.4, 0.5) is 0 Å². The number of aliphatic hydroxyl groups is 1. The predicted molar refractivity (Wildman–Crippen MR) is 77.7 cm³/mol. The smallest absolute Gasteiger partial charge is 0.349 e. The zero-order valence-corrected chi connectivity index (χ0v) is 13.6. The summed E-state index contributed by atoms with van der Waals surface area (Å²) < 4.78 is 4.33. The van der Waals surface area contributed by atoms with E-state index in [4.69, 9.17) is 25.5 Å². The number of hydrogen-bond donors (Lipinski definition) is 6. The van der Waals surface area contributed by atoms with Crippen LogP contribution in [0.25, 0.3) is 0 Å². The molecule has 6 N–H and O–H groups in total. The van der Waals surface area contributed by atoms with Gasteiger partial charge in [0.25, 0.3) is 0 Å². The molecule has 14 heteroatoms. The first-order chi connectivity index (χ1) is 11.2. The van der Waals surface area contributed by atoms with Crippen molar-refractivity contribution in [3.8, 4) is 0 Å². The molecular formula is C12H15ClO13. The average molecular weight is 403 g/mol. The fourth-order valence-corrected chi connectivity index (χ4v) is 1.77. The van der Waals surface area contributed by atoms with Crippen molar-refractivity contribution in [2.24, 2.45) is 0 Å². The Morgan fingerprint density at radius 1 is 0.654 bits per heavy atom. The minimum atomic E-state index is -3.17. The third kappa shape index (κ3) is 7.31. The maximum atomic E-state index is 11.7. The molecular weight excluding hydrogens is 388 g/mol. The molecule has 0 aromatic carbocycles. The van der Waals surface area contributed by atoms with E-state index in [-0.39, 0.29) is 12.4 Å². The van der Waals surface area contributed by atoms with Gasteiger partial charge in [-0.25, -0.2) is 9.59 Å². The lowest BCUT2D eigenvalue weighted by molar-refractivity contribution is -0.191. The molecule has 0 fully saturated rings. The topological polar surface area (TPSA) is 233 Å². The first kappa shape index (κ1) is 25.3. The summed E-state index contributed by atoms with van der Waals surface area (Å²) in [5.41, 5.74) is -6.24. The minimum Gasteiger partial charge on any atom is -0.481 e. The van der Waals surface area contributed by atoms with Gasteiger partial charge in [-0.3, -0.25) is 19.2 Å². The summed E-state index contributed by atoms with van der Waals surface area (Å²) in [7, 11) is 0. The predicted octanol–water partition coefficient (Wildman–Crippen LogP) is -1.60. The van der Waals surface area contributed by atoms with Gasteiger partial charge < -0.3 is 35.4 Å². The van der Waals surface area contributed by atoms with Crippen molar-refractivity contribution in [2.45, 2.75) is 36.9 Å². The van der Waals surface area contributed by atoms with Crippen molar-refractivity contribution in [1.82, 2.24) is 0 Å². The van der Waals surface area contributed by atoms with Gasteiger partial charge in [0.1, 0.15) is 0 Å². The molecule has 0 amide bonds. The third-order valence-corrected chi connectivity index (χ3v) is 2.85.